The lowest BCUT2D eigenvalue weighted by Crippen LogP contribution is -2.23. The van der Waals surface area contributed by atoms with Crippen LogP contribution in [0.15, 0.2) is 87.6 Å². The number of halogens is 1. The highest BCUT2D eigenvalue weighted by atomic mass is 79.9. The van der Waals surface area contributed by atoms with Crippen molar-refractivity contribution in [3.05, 3.63) is 93.1 Å². The molecule has 6 nitrogen and oxygen atoms in total. The molecular weight excluding hydrogens is 488 g/mol. The van der Waals surface area contributed by atoms with Gasteiger partial charge in [-0.15, -0.1) is 11.3 Å². The summed E-state index contributed by atoms with van der Waals surface area (Å²) in [5.74, 6) is 0.677. The van der Waals surface area contributed by atoms with E-state index in [-0.39, 0.29) is 11.5 Å². The van der Waals surface area contributed by atoms with Crippen LogP contribution in [0.2, 0.25) is 0 Å². The zero-order valence-electron chi connectivity index (χ0n) is 16.9. The minimum Gasteiger partial charge on any atom is -0.337 e. The maximum Gasteiger partial charge on any atom is 0.255 e. The van der Waals surface area contributed by atoms with E-state index in [1.165, 1.54) is 13.0 Å². The molecule has 3 aromatic heterocycles. The van der Waals surface area contributed by atoms with E-state index >= 15 is 0 Å². The molecule has 5 aromatic rings. The summed E-state index contributed by atoms with van der Waals surface area (Å²) < 4.78 is 2.60. The minimum atomic E-state index is -0.115. The van der Waals surface area contributed by atoms with E-state index in [9.17, 15) is 9.59 Å². The number of amides is 1. The van der Waals surface area contributed by atoms with E-state index in [4.69, 9.17) is 0 Å². The van der Waals surface area contributed by atoms with E-state index in [1.807, 2.05) is 54.6 Å². The van der Waals surface area contributed by atoms with E-state index in [0.29, 0.717) is 5.69 Å². The number of carbonyl (C=O) groups excluding carboxylic acids is 1. The van der Waals surface area contributed by atoms with Crippen molar-refractivity contribution in [2.24, 2.45) is 0 Å². The number of nitrogens with one attached hydrogen (secondary N) is 1. The molecular formula is C24H17BrN4O2S. The molecule has 0 atom stereocenters. The largest absolute Gasteiger partial charge is 0.337 e. The van der Waals surface area contributed by atoms with Gasteiger partial charge < -0.3 is 4.98 Å². The number of imidazole rings is 1. The summed E-state index contributed by atoms with van der Waals surface area (Å²) in [5.41, 5.74) is 3.75. The predicted octanol–water partition coefficient (Wildman–Crippen LogP) is 5.89. The highest BCUT2D eigenvalue weighted by molar-refractivity contribution is 9.11. The second-order valence-electron chi connectivity index (χ2n) is 7.17. The van der Waals surface area contributed by atoms with Gasteiger partial charge in [-0.05, 0) is 76.6 Å². The molecule has 0 aliphatic rings. The van der Waals surface area contributed by atoms with E-state index < -0.39 is 0 Å². The molecule has 5 rings (SSSR count). The molecule has 3 heterocycles. The lowest BCUT2D eigenvalue weighted by molar-refractivity contribution is -0.115. The summed E-state index contributed by atoms with van der Waals surface area (Å²) in [6.45, 7) is 1.53. The molecule has 0 fully saturated rings. The summed E-state index contributed by atoms with van der Waals surface area (Å²) in [6, 6.07) is 22.1. The number of fused-ring (bicyclic) bond motifs is 1. The van der Waals surface area contributed by atoms with Crippen LogP contribution in [0.25, 0.3) is 27.4 Å². The number of aromatic nitrogens is 3. The van der Waals surface area contributed by atoms with Crippen LogP contribution in [-0.2, 0) is 4.79 Å². The smallest absolute Gasteiger partial charge is 0.255 e. The van der Waals surface area contributed by atoms with Gasteiger partial charge in [-0.1, -0.05) is 6.07 Å². The maximum atomic E-state index is 12.6. The Balaban J connectivity index is 1.51. The maximum absolute atomic E-state index is 12.6. The summed E-state index contributed by atoms with van der Waals surface area (Å²) in [4.78, 5) is 35.3. The highest BCUT2D eigenvalue weighted by Crippen LogP contribution is 2.33. The van der Waals surface area contributed by atoms with Crippen LogP contribution in [0.3, 0.4) is 0 Å². The molecule has 0 saturated carbocycles. The monoisotopic (exact) mass is 504 g/mol. The second-order valence-corrected chi connectivity index (χ2v) is 9.63. The van der Waals surface area contributed by atoms with E-state index in [2.05, 4.69) is 25.9 Å². The molecule has 0 bridgehead atoms. The molecule has 158 valence electrons. The fourth-order valence-corrected chi connectivity index (χ4v) is 4.94. The van der Waals surface area contributed by atoms with Gasteiger partial charge in [0.2, 0.25) is 5.91 Å². The Bertz CT molecular complexity index is 1500. The number of thiophene rings is 1. The molecule has 1 N–H and O–H groups in total. The zero-order valence-corrected chi connectivity index (χ0v) is 19.4. The van der Waals surface area contributed by atoms with Crippen LogP contribution >= 0.6 is 27.3 Å². The third-order valence-corrected chi connectivity index (χ3v) is 6.68. The number of carbonyl (C=O) groups is 1. The van der Waals surface area contributed by atoms with Crippen LogP contribution in [-0.4, -0.2) is 20.4 Å². The molecule has 0 unspecified atom stereocenters. The van der Waals surface area contributed by atoms with Crippen LogP contribution in [0.4, 0.5) is 11.4 Å². The van der Waals surface area contributed by atoms with Gasteiger partial charge in [-0.3, -0.25) is 19.1 Å². The van der Waals surface area contributed by atoms with Crippen molar-refractivity contribution in [1.29, 1.82) is 0 Å². The second kappa shape index (κ2) is 8.22. The molecule has 8 heteroatoms. The van der Waals surface area contributed by atoms with Crippen molar-refractivity contribution in [2.45, 2.75) is 6.92 Å². The Morgan fingerprint density at radius 2 is 1.81 bits per heavy atom. The standard InChI is InChI=1S/C24H17BrN4O2S/c1-15(30)29(17-7-5-16(6-8-17)28-13-3-2-4-23(28)31)18-9-10-19-20(14-18)27-24(26-19)21-11-12-22(25)32-21/h2-14H,1H3,(H,26,27). The number of pyridine rings is 1. The SMILES string of the molecule is CC(=O)N(c1ccc(-n2ccccc2=O)cc1)c1ccc2nc(-c3ccc(Br)s3)[nH]c2c1. The van der Waals surface area contributed by atoms with Crippen LogP contribution < -0.4 is 10.5 Å². The van der Waals surface area contributed by atoms with Gasteiger partial charge in [0.25, 0.3) is 5.56 Å². The van der Waals surface area contributed by atoms with Gasteiger partial charge in [-0.2, -0.15) is 0 Å². The van der Waals surface area contributed by atoms with Gasteiger partial charge >= 0.3 is 0 Å². The van der Waals surface area contributed by atoms with Gasteiger partial charge in [0, 0.05) is 30.6 Å². The highest BCUT2D eigenvalue weighted by Gasteiger charge is 2.16. The Hall–Kier alpha value is -3.49. The molecule has 0 spiro atoms. The van der Waals surface area contributed by atoms with Crippen molar-refractivity contribution in [1.82, 2.24) is 14.5 Å². The fourth-order valence-electron chi connectivity index (χ4n) is 3.61. The van der Waals surface area contributed by atoms with Gasteiger partial charge in [0.05, 0.1) is 25.4 Å². The first kappa shape index (κ1) is 20.4. The first-order chi connectivity index (χ1) is 15.5. The molecule has 0 radical (unpaired) electrons. The number of H-pyrrole nitrogens is 1. The third kappa shape index (κ3) is 3.79. The Labute approximate surface area is 195 Å². The zero-order chi connectivity index (χ0) is 22.2. The van der Waals surface area contributed by atoms with Gasteiger partial charge in [0.15, 0.2) is 0 Å². The lowest BCUT2D eigenvalue weighted by Gasteiger charge is -2.22. The minimum absolute atomic E-state index is 0.109. The Kier molecular flexibility index (Phi) is 5.24. The average molecular weight is 505 g/mol. The number of nitrogens with zero attached hydrogens (tertiary/aromatic N) is 3. The number of hydrogen-bond acceptors (Lipinski definition) is 4. The lowest BCUT2D eigenvalue weighted by atomic mass is 10.2. The Morgan fingerprint density at radius 1 is 1.03 bits per heavy atom. The number of rotatable bonds is 4. The van der Waals surface area contributed by atoms with Crippen LogP contribution in [0.5, 0.6) is 0 Å². The van der Waals surface area contributed by atoms with E-state index in [0.717, 1.165) is 36.9 Å². The summed E-state index contributed by atoms with van der Waals surface area (Å²) >= 11 is 5.09. The van der Waals surface area contributed by atoms with Crippen LogP contribution in [0, 0.1) is 0 Å². The number of hydrogen-bond donors (Lipinski definition) is 1. The number of aromatic amines is 1. The number of benzene rings is 2. The van der Waals surface area contributed by atoms with E-state index in [1.54, 1.807) is 39.1 Å². The molecule has 2 aromatic carbocycles. The quantitative estimate of drug-likeness (QED) is 0.331. The fraction of sp³-hybridized carbons (Fsp3) is 0.0417. The molecule has 32 heavy (non-hydrogen) atoms. The number of anilines is 2. The van der Waals surface area contributed by atoms with Gasteiger partial charge in [-0.25, -0.2) is 4.98 Å². The first-order valence-corrected chi connectivity index (χ1v) is 11.4. The first-order valence-electron chi connectivity index (χ1n) is 9.84. The molecule has 1 amide bonds. The topological polar surface area (TPSA) is 71.0 Å². The van der Waals surface area contributed by atoms with Crippen LogP contribution in [0.1, 0.15) is 6.92 Å². The van der Waals surface area contributed by atoms with Crippen molar-refractivity contribution in [2.75, 3.05) is 4.90 Å². The summed E-state index contributed by atoms with van der Waals surface area (Å²) in [7, 11) is 0. The summed E-state index contributed by atoms with van der Waals surface area (Å²) in [6.07, 6.45) is 1.72. The van der Waals surface area contributed by atoms with Crippen molar-refractivity contribution in [3.63, 3.8) is 0 Å². The predicted molar refractivity (Wildman–Crippen MR) is 132 cm³/mol. The van der Waals surface area contributed by atoms with Crippen molar-refractivity contribution < 1.29 is 4.79 Å². The van der Waals surface area contributed by atoms with Crippen molar-refractivity contribution >= 4 is 55.6 Å². The third-order valence-electron chi connectivity index (χ3n) is 5.05. The molecule has 0 aliphatic carbocycles. The normalized spacial score (nSPS) is 11.1. The average Bonchev–Trinajstić information content (AvgIpc) is 3.40. The van der Waals surface area contributed by atoms with Crippen molar-refractivity contribution in [3.8, 4) is 16.4 Å². The molecule has 0 aliphatic heterocycles. The Morgan fingerprint density at radius 3 is 2.50 bits per heavy atom. The summed E-state index contributed by atoms with van der Waals surface area (Å²) in [5, 5.41) is 0. The van der Waals surface area contributed by atoms with Gasteiger partial charge in [0.1, 0.15) is 5.82 Å². The molecule has 0 saturated heterocycles.